The molecule has 0 bridgehead atoms. The van der Waals surface area contributed by atoms with Crippen molar-refractivity contribution < 1.29 is 4.79 Å². The molecule has 0 amide bonds. The molecule has 0 aliphatic heterocycles. The van der Waals surface area contributed by atoms with Crippen molar-refractivity contribution in [3.8, 4) is 11.1 Å². The first-order valence-corrected chi connectivity index (χ1v) is 10.6. The number of carbonyl (C=O) groups is 1. The molecule has 4 rings (SSSR count). The zero-order valence-corrected chi connectivity index (χ0v) is 18.6. The molecule has 2 N–H and O–H groups in total. The lowest BCUT2D eigenvalue weighted by Crippen LogP contribution is -2.03. The Hall–Kier alpha value is -4.45. The predicted octanol–water partition coefficient (Wildman–Crippen LogP) is 5.89. The Morgan fingerprint density at radius 3 is 1.85 bits per heavy atom. The minimum atomic E-state index is -0.0343. The average molecular weight is 436 g/mol. The first-order valence-electron chi connectivity index (χ1n) is 10.6. The maximum Gasteiger partial charge on any atom is 0.187 e. The molecule has 4 aromatic rings. The van der Waals surface area contributed by atoms with Crippen LogP contribution in [0.5, 0.6) is 0 Å². The Bertz CT molecular complexity index is 1250. The van der Waals surface area contributed by atoms with Crippen molar-refractivity contribution >= 4 is 28.8 Å². The summed E-state index contributed by atoms with van der Waals surface area (Å²) in [6.07, 6.45) is 6.86. The number of ketones is 1. The third kappa shape index (κ3) is 6.04. The average Bonchev–Trinajstić information content (AvgIpc) is 2.84. The van der Waals surface area contributed by atoms with E-state index in [9.17, 15) is 4.79 Å². The van der Waals surface area contributed by atoms with Gasteiger partial charge in [0.15, 0.2) is 5.78 Å². The van der Waals surface area contributed by atoms with Gasteiger partial charge in [0.05, 0.1) is 0 Å². The quantitative estimate of drug-likeness (QED) is 0.266. The highest BCUT2D eigenvalue weighted by atomic mass is 16.1. The third-order valence-electron chi connectivity index (χ3n) is 4.87. The predicted molar refractivity (Wildman–Crippen MR) is 134 cm³/mol. The molecular formula is C27H25N5O. The lowest BCUT2D eigenvalue weighted by atomic mass is 10.1. The molecule has 0 spiro atoms. The third-order valence-corrected chi connectivity index (χ3v) is 4.87. The second kappa shape index (κ2) is 10.2. The van der Waals surface area contributed by atoms with E-state index in [1.54, 1.807) is 36.8 Å². The van der Waals surface area contributed by atoms with E-state index in [1.807, 2.05) is 85.7 Å². The summed E-state index contributed by atoms with van der Waals surface area (Å²) >= 11 is 0. The molecule has 0 unspecified atom stereocenters. The maximum atomic E-state index is 12.2. The van der Waals surface area contributed by atoms with E-state index in [2.05, 4.69) is 20.6 Å². The Morgan fingerprint density at radius 1 is 0.758 bits per heavy atom. The summed E-state index contributed by atoms with van der Waals surface area (Å²) in [5.74, 6) is 1.45. The van der Waals surface area contributed by atoms with Crippen molar-refractivity contribution in [2.45, 2.75) is 0 Å². The number of nitrogens with one attached hydrogen (secondary N) is 2. The lowest BCUT2D eigenvalue weighted by molar-refractivity contribution is 0.104. The SMILES string of the molecule is CN(C)/C=C\C(=O)c1ccc(Nc2cc(-c3ccnc(Nc4ccccc4)c3)ccn2)cc1. The summed E-state index contributed by atoms with van der Waals surface area (Å²) in [6.45, 7) is 0. The van der Waals surface area contributed by atoms with Crippen LogP contribution in [0.4, 0.5) is 23.0 Å². The number of carbonyl (C=O) groups excluding carboxylic acids is 1. The molecule has 6 nitrogen and oxygen atoms in total. The number of anilines is 4. The minimum Gasteiger partial charge on any atom is -0.383 e. The fraction of sp³-hybridized carbons (Fsp3) is 0.0741. The van der Waals surface area contributed by atoms with E-state index >= 15 is 0 Å². The number of allylic oxidation sites excluding steroid dienone is 1. The number of para-hydroxylation sites is 1. The molecule has 2 aromatic heterocycles. The molecule has 0 radical (unpaired) electrons. The van der Waals surface area contributed by atoms with Crippen LogP contribution in [0.2, 0.25) is 0 Å². The summed E-state index contributed by atoms with van der Waals surface area (Å²) in [4.78, 5) is 22.9. The van der Waals surface area contributed by atoms with Gasteiger partial charge < -0.3 is 15.5 Å². The van der Waals surface area contributed by atoms with E-state index < -0.39 is 0 Å². The normalized spacial score (nSPS) is 10.7. The van der Waals surface area contributed by atoms with Crippen LogP contribution in [0, 0.1) is 0 Å². The van der Waals surface area contributed by atoms with Crippen molar-refractivity contribution in [3.05, 3.63) is 109 Å². The van der Waals surface area contributed by atoms with Crippen LogP contribution in [-0.2, 0) is 0 Å². The molecule has 0 saturated carbocycles. The summed E-state index contributed by atoms with van der Waals surface area (Å²) in [5.41, 5.74) is 4.53. The van der Waals surface area contributed by atoms with E-state index in [-0.39, 0.29) is 5.78 Å². The van der Waals surface area contributed by atoms with E-state index in [1.165, 1.54) is 0 Å². The number of hydrogen-bond donors (Lipinski definition) is 2. The van der Waals surface area contributed by atoms with Crippen molar-refractivity contribution in [2.24, 2.45) is 0 Å². The van der Waals surface area contributed by atoms with Gasteiger partial charge in [-0.1, -0.05) is 18.2 Å². The smallest absolute Gasteiger partial charge is 0.187 e. The first kappa shape index (κ1) is 21.8. The van der Waals surface area contributed by atoms with Crippen molar-refractivity contribution in [2.75, 3.05) is 24.7 Å². The molecule has 0 atom stereocenters. The van der Waals surface area contributed by atoms with Crippen LogP contribution >= 0.6 is 0 Å². The minimum absolute atomic E-state index is 0.0343. The highest BCUT2D eigenvalue weighted by molar-refractivity contribution is 6.04. The molecule has 0 saturated heterocycles. The summed E-state index contributed by atoms with van der Waals surface area (Å²) in [5, 5.41) is 6.63. The van der Waals surface area contributed by atoms with Gasteiger partial charge in [0.2, 0.25) is 0 Å². The van der Waals surface area contributed by atoms with E-state index in [0.29, 0.717) is 11.4 Å². The molecule has 2 heterocycles. The molecule has 0 aliphatic rings. The van der Waals surface area contributed by atoms with Crippen molar-refractivity contribution in [3.63, 3.8) is 0 Å². The molecule has 6 heteroatoms. The second-order valence-corrected chi connectivity index (χ2v) is 7.70. The molecule has 2 aromatic carbocycles. The Balaban J connectivity index is 1.47. The van der Waals surface area contributed by atoms with Crippen LogP contribution in [0.25, 0.3) is 11.1 Å². The Labute approximate surface area is 193 Å². The highest BCUT2D eigenvalue weighted by Gasteiger charge is 2.05. The fourth-order valence-electron chi connectivity index (χ4n) is 3.20. The van der Waals surface area contributed by atoms with Crippen molar-refractivity contribution in [1.82, 2.24) is 14.9 Å². The maximum absolute atomic E-state index is 12.2. The standard InChI is InChI=1S/C27H25N5O/c1-32(2)17-14-25(33)20-8-10-24(11-9-20)31-27-19-22(13-16-29-27)21-12-15-28-26(18-21)30-23-6-4-3-5-7-23/h3-19H,1-2H3,(H,28,30)(H,29,31)/b17-14-. The molecule has 33 heavy (non-hydrogen) atoms. The number of benzene rings is 2. The summed E-state index contributed by atoms with van der Waals surface area (Å²) < 4.78 is 0. The van der Waals surface area contributed by atoms with Gasteiger partial charge in [-0.3, -0.25) is 4.79 Å². The zero-order valence-electron chi connectivity index (χ0n) is 18.6. The molecule has 0 fully saturated rings. The fourth-order valence-corrected chi connectivity index (χ4v) is 3.20. The number of nitrogens with zero attached hydrogens (tertiary/aromatic N) is 3. The number of hydrogen-bond acceptors (Lipinski definition) is 6. The van der Waals surface area contributed by atoms with Crippen LogP contribution in [0.1, 0.15) is 10.4 Å². The first-order chi connectivity index (χ1) is 16.1. The topological polar surface area (TPSA) is 70.2 Å². The Morgan fingerprint density at radius 2 is 1.30 bits per heavy atom. The van der Waals surface area contributed by atoms with Gasteiger partial charge in [-0.2, -0.15) is 0 Å². The van der Waals surface area contributed by atoms with E-state index in [4.69, 9.17) is 0 Å². The number of rotatable bonds is 8. The van der Waals surface area contributed by atoms with Gasteiger partial charge in [0.1, 0.15) is 11.6 Å². The van der Waals surface area contributed by atoms with Crippen LogP contribution < -0.4 is 10.6 Å². The van der Waals surface area contributed by atoms with E-state index in [0.717, 1.165) is 28.3 Å². The number of aromatic nitrogens is 2. The molecule has 0 aliphatic carbocycles. The van der Waals surface area contributed by atoms with Gasteiger partial charge in [0, 0.05) is 55.7 Å². The van der Waals surface area contributed by atoms with Gasteiger partial charge in [0.25, 0.3) is 0 Å². The Kier molecular flexibility index (Phi) is 6.75. The monoisotopic (exact) mass is 435 g/mol. The zero-order chi connectivity index (χ0) is 23.0. The van der Waals surface area contributed by atoms with Crippen LogP contribution in [0.3, 0.4) is 0 Å². The van der Waals surface area contributed by atoms with Gasteiger partial charge in [-0.15, -0.1) is 0 Å². The van der Waals surface area contributed by atoms with Crippen LogP contribution in [-0.4, -0.2) is 34.7 Å². The van der Waals surface area contributed by atoms with Crippen LogP contribution in [0.15, 0.2) is 104 Å². The van der Waals surface area contributed by atoms with Gasteiger partial charge in [-0.25, -0.2) is 9.97 Å². The van der Waals surface area contributed by atoms with Crippen molar-refractivity contribution in [1.29, 1.82) is 0 Å². The lowest BCUT2D eigenvalue weighted by Gasteiger charge is -2.10. The molecular weight excluding hydrogens is 410 g/mol. The largest absolute Gasteiger partial charge is 0.383 e. The second-order valence-electron chi connectivity index (χ2n) is 7.70. The highest BCUT2D eigenvalue weighted by Crippen LogP contribution is 2.25. The molecule has 164 valence electrons. The number of pyridine rings is 2. The summed E-state index contributed by atoms with van der Waals surface area (Å²) in [7, 11) is 3.76. The van der Waals surface area contributed by atoms with Gasteiger partial charge >= 0.3 is 0 Å². The summed E-state index contributed by atoms with van der Waals surface area (Å²) in [6, 6.07) is 25.2. The van der Waals surface area contributed by atoms with Gasteiger partial charge in [-0.05, 0) is 71.8 Å².